The van der Waals surface area contributed by atoms with Gasteiger partial charge in [0.15, 0.2) is 6.10 Å². The number of hydrogen-bond donors (Lipinski definition) is 3. The molecular weight excluding hydrogens is 376 g/mol. The molecule has 5 nitrogen and oxygen atoms in total. The third-order valence-electron chi connectivity index (χ3n) is 5.31. The first-order valence-corrected chi connectivity index (χ1v) is 9.76. The van der Waals surface area contributed by atoms with Gasteiger partial charge >= 0.3 is 0 Å². The fourth-order valence-corrected chi connectivity index (χ4v) is 3.79. The van der Waals surface area contributed by atoms with Gasteiger partial charge in [0.25, 0.3) is 5.91 Å². The lowest BCUT2D eigenvalue weighted by atomic mass is 9.92. The molecule has 2 amide bonds. The van der Waals surface area contributed by atoms with Crippen molar-refractivity contribution in [2.45, 2.75) is 18.6 Å². The van der Waals surface area contributed by atoms with E-state index in [0.717, 1.165) is 27.1 Å². The predicted octanol–water partition coefficient (Wildman–Crippen LogP) is 3.24. The fraction of sp³-hybridized carbons (Fsp3) is 0.120. The average molecular weight is 398 g/mol. The van der Waals surface area contributed by atoms with Gasteiger partial charge in [0.2, 0.25) is 5.91 Å². The van der Waals surface area contributed by atoms with Crippen LogP contribution in [-0.4, -0.2) is 23.0 Å². The molecule has 2 atom stereocenters. The summed E-state index contributed by atoms with van der Waals surface area (Å²) in [5.41, 5.74) is 7.01. The second-order valence-corrected chi connectivity index (χ2v) is 7.28. The number of carbonyl (C=O) groups excluding carboxylic acids is 2. The van der Waals surface area contributed by atoms with E-state index >= 15 is 0 Å². The van der Waals surface area contributed by atoms with E-state index in [9.17, 15) is 14.7 Å². The van der Waals surface area contributed by atoms with Crippen LogP contribution in [0.15, 0.2) is 84.9 Å². The summed E-state index contributed by atoms with van der Waals surface area (Å²) in [6.07, 6.45) is -1.15. The second-order valence-electron chi connectivity index (χ2n) is 7.28. The summed E-state index contributed by atoms with van der Waals surface area (Å²) in [7, 11) is 0. The molecule has 4 aromatic rings. The number of nitrogens with one attached hydrogen (secondary N) is 1. The molecule has 0 spiro atoms. The number of aliphatic hydroxyl groups excluding tert-OH is 1. The Bertz CT molecular complexity index is 1170. The summed E-state index contributed by atoms with van der Waals surface area (Å²) < 4.78 is 0. The molecule has 0 radical (unpaired) electrons. The quantitative estimate of drug-likeness (QED) is 0.435. The first-order valence-electron chi connectivity index (χ1n) is 9.76. The summed E-state index contributed by atoms with van der Waals surface area (Å²) in [5, 5.41) is 17.1. The SMILES string of the molecule is NC(=O)[C@@H](Cc1c2ccccc2cc2ccccc12)NC(=O)[C@@H](O)c1ccccc1. The molecule has 150 valence electrons. The van der Waals surface area contributed by atoms with Crippen LogP contribution in [0.25, 0.3) is 21.5 Å². The lowest BCUT2D eigenvalue weighted by Crippen LogP contribution is -2.47. The number of amides is 2. The molecule has 5 heteroatoms. The van der Waals surface area contributed by atoms with Crippen molar-refractivity contribution in [1.29, 1.82) is 0 Å². The monoisotopic (exact) mass is 398 g/mol. The van der Waals surface area contributed by atoms with Crippen molar-refractivity contribution in [2.24, 2.45) is 5.73 Å². The van der Waals surface area contributed by atoms with Gasteiger partial charge in [-0.2, -0.15) is 0 Å². The maximum atomic E-state index is 12.6. The molecule has 4 N–H and O–H groups in total. The zero-order valence-corrected chi connectivity index (χ0v) is 16.3. The molecule has 0 fully saturated rings. The molecule has 30 heavy (non-hydrogen) atoms. The number of aliphatic hydroxyl groups is 1. The van der Waals surface area contributed by atoms with E-state index in [0.29, 0.717) is 5.56 Å². The van der Waals surface area contributed by atoms with Crippen LogP contribution in [-0.2, 0) is 16.0 Å². The highest BCUT2D eigenvalue weighted by atomic mass is 16.3. The highest BCUT2D eigenvalue weighted by Crippen LogP contribution is 2.29. The van der Waals surface area contributed by atoms with E-state index in [1.54, 1.807) is 30.3 Å². The van der Waals surface area contributed by atoms with Crippen LogP contribution in [0.2, 0.25) is 0 Å². The molecule has 4 aromatic carbocycles. The van der Waals surface area contributed by atoms with Crippen LogP contribution in [0.4, 0.5) is 0 Å². The summed E-state index contributed by atoms with van der Waals surface area (Å²) in [5.74, 6) is -1.31. The number of carbonyl (C=O) groups is 2. The predicted molar refractivity (Wildman–Crippen MR) is 118 cm³/mol. The van der Waals surface area contributed by atoms with Crippen molar-refractivity contribution in [3.8, 4) is 0 Å². The van der Waals surface area contributed by atoms with Gasteiger partial charge in [-0.1, -0.05) is 78.9 Å². The van der Waals surface area contributed by atoms with E-state index in [1.807, 2.05) is 48.5 Å². The summed E-state index contributed by atoms with van der Waals surface area (Å²) in [4.78, 5) is 24.8. The van der Waals surface area contributed by atoms with Crippen LogP contribution in [0, 0.1) is 0 Å². The van der Waals surface area contributed by atoms with Gasteiger partial charge in [0.05, 0.1) is 0 Å². The summed E-state index contributed by atoms with van der Waals surface area (Å²) in [6, 6.07) is 25.6. The minimum absolute atomic E-state index is 0.227. The normalized spacial score (nSPS) is 13.1. The summed E-state index contributed by atoms with van der Waals surface area (Å²) in [6.45, 7) is 0. The lowest BCUT2D eigenvalue weighted by Gasteiger charge is -2.20. The Kier molecular flexibility index (Phi) is 5.46. The number of primary amides is 1. The third kappa shape index (κ3) is 3.88. The van der Waals surface area contributed by atoms with Crippen molar-refractivity contribution in [3.05, 3.63) is 96.1 Å². The Morgan fingerprint density at radius 1 is 0.833 bits per heavy atom. The largest absolute Gasteiger partial charge is 0.378 e. The summed E-state index contributed by atoms with van der Waals surface area (Å²) >= 11 is 0. The molecule has 0 aliphatic rings. The topological polar surface area (TPSA) is 92.4 Å². The van der Waals surface area contributed by atoms with Gasteiger partial charge < -0.3 is 16.2 Å². The maximum Gasteiger partial charge on any atom is 0.254 e. The van der Waals surface area contributed by atoms with Gasteiger partial charge in [-0.25, -0.2) is 0 Å². The van der Waals surface area contributed by atoms with Crippen LogP contribution >= 0.6 is 0 Å². The van der Waals surface area contributed by atoms with Gasteiger partial charge in [-0.05, 0) is 38.7 Å². The Balaban J connectivity index is 1.69. The lowest BCUT2D eigenvalue weighted by molar-refractivity contribution is -0.133. The molecule has 0 unspecified atom stereocenters. The maximum absolute atomic E-state index is 12.6. The fourth-order valence-electron chi connectivity index (χ4n) is 3.79. The van der Waals surface area contributed by atoms with Crippen LogP contribution < -0.4 is 11.1 Å². The Morgan fingerprint density at radius 2 is 1.37 bits per heavy atom. The van der Waals surface area contributed by atoms with Gasteiger partial charge in [-0.3, -0.25) is 9.59 Å². The van der Waals surface area contributed by atoms with Crippen molar-refractivity contribution in [2.75, 3.05) is 0 Å². The zero-order chi connectivity index (χ0) is 21.1. The molecule has 0 saturated carbocycles. The van der Waals surface area contributed by atoms with E-state index in [2.05, 4.69) is 11.4 Å². The zero-order valence-electron chi connectivity index (χ0n) is 16.3. The van der Waals surface area contributed by atoms with E-state index < -0.39 is 24.0 Å². The van der Waals surface area contributed by atoms with Gasteiger partial charge in [-0.15, -0.1) is 0 Å². The molecular formula is C25H22N2O3. The van der Waals surface area contributed by atoms with E-state index in [1.165, 1.54) is 0 Å². The molecule has 0 bridgehead atoms. The van der Waals surface area contributed by atoms with Crippen molar-refractivity contribution in [1.82, 2.24) is 5.32 Å². The number of benzene rings is 4. The second kappa shape index (κ2) is 8.35. The molecule has 0 aliphatic heterocycles. The molecule has 0 heterocycles. The van der Waals surface area contributed by atoms with E-state index in [4.69, 9.17) is 5.73 Å². The molecule has 0 aliphatic carbocycles. The van der Waals surface area contributed by atoms with Crippen LogP contribution in [0.5, 0.6) is 0 Å². The Hall–Kier alpha value is -3.70. The number of rotatable bonds is 6. The third-order valence-corrected chi connectivity index (χ3v) is 5.31. The number of fused-ring (bicyclic) bond motifs is 2. The highest BCUT2D eigenvalue weighted by molar-refractivity contribution is 6.03. The van der Waals surface area contributed by atoms with Crippen LogP contribution in [0.3, 0.4) is 0 Å². The standard InChI is InChI=1S/C25H22N2O3/c26-24(29)22(27-25(30)23(28)16-8-2-1-3-9-16)15-21-19-12-6-4-10-17(19)14-18-11-5-7-13-20(18)21/h1-14,22-23,28H,15H2,(H2,26,29)(H,27,30)/t22-,23+/m1/s1. The van der Waals surface area contributed by atoms with Crippen molar-refractivity contribution in [3.63, 3.8) is 0 Å². The first-order chi connectivity index (χ1) is 14.5. The number of nitrogens with two attached hydrogens (primary N) is 1. The molecule has 0 aromatic heterocycles. The van der Waals surface area contributed by atoms with Gasteiger partial charge in [0, 0.05) is 6.42 Å². The Labute approximate surface area is 174 Å². The van der Waals surface area contributed by atoms with Crippen molar-refractivity contribution >= 4 is 33.4 Å². The minimum Gasteiger partial charge on any atom is -0.378 e. The van der Waals surface area contributed by atoms with Gasteiger partial charge in [0.1, 0.15) is 6.04 Å². The van der Waals surface area contributed by atoms with Crippen molar-refractivity contribution < 1.29 is 14.7 Å². The number of hydrogen-bond acceptors (Lipinski definition) is 3. The minimum atomic E-state index is -1.38. The average Bonchev–Trinajstić information content (AvgIpc) is 2.78. The van der Waals surface area contributed by atoms with E-state index in [-0.39, 0.29) is 6.42 Å². The molecule has 0 saturated heterocycles. The highest BCUT2D eigenvalue weighted by Gasteiger charge is 2.25. The Morgan fingerprint density at radius 3 is 1.93 bits per heavy atom. The first kappa shape index (κ1) is 19.6. The smallest absolute Gasteiger partial charge is 0.254 e. The van der Waals surface area contributed by atoms with Crippen LogP contribution in [0.1, 0.15) is 17.2 Å². The molecule has 4 rings (SSSR count).